The highest BCUT2D eigenvalue weighted by Gasteiger charge is 2.08. The van der Waals surface area contributed by atoms with Gasteiger partial charge in [0.15, 0.2) is 6.29 Å². The molecule has 0 saturated heterocycles. The fourth-order valence-electron chi connectivity index (χ4n) is 1.41. The van der Waals surface area contributed by atoms with Crippen LogP contribution in [0.3, 0.4) is 0 Å². The predicted octanol–water partition coefficient (Wildman–Crippen LogP) is 1.78. The van der Waals surface area contributed by atoms with Gasteiger partial charge >= 0.3 is 0 Å². The number of nitrogens with zero attached hydrogens (tertiary/aromatic N) is 1. The van der Waals surface area contributed by atoms with E-state index in [1.807, 2.05) is 19.1 Å². The molecule has 0 aromatic carbocycles. The third-order valence-corrected chi connectivity index (χ3v) is 2.21. The number of aromatic nitrogens is 2. The minimum Gasteiger partial charge on any atom is -0.348 e. The standard InChI is InChI=1S/C12H11N3O2/c1-8-3-2-4-11(13-8)15-12(17)10-6-5-9(7-16)14-10/h2-7,14H,1H3,(H,13,15,17). The minimum atomic E-state index is -0.323. The first-order valence-electron chi connectivity index (χ1n) is 5.08. The van der Waals surface area contributed by atoms with Gasteiger partial charge in [0, 0.05) is 5.69 Å². The highest BCUT2D eigenvalue weighted by molar-refractivity contribution is 6.03. The molecule has 2 rings (SSSR count). The molecule has 0 fully saturated rings. The first-order chi connectivity index (χ1) is 8.19. The highest BCUT2D eigenvalue weighted by atomic mass is 16.2. The molecule has 0 spiro atoms. The van der Waals surface area contributed by atoms with Crippen molar-refractivity contribution in [3.63, 3.8) is 0 Å². The van der Waals surface area contributed by atoms with E-state index in [4.69, 9.17) is 0 Å². The van der Waals surface area contributed by atoms with Crippen LogP contribution in [-0.4, -0.2) is 22.2 Å². The molecular formula is C12H11N3O2. The molecule has 2 heterocycles. The lowest BCUT2D eigenvalue weighted by molar-refractivity contribution is 0.102. The zero-order chi connectivity index (χ0) is 12.3. The molecule has 0 saturated carbocycles. The minimum absolute atomic E-state index is 0.323. The zero-order valence-corrected chi connectivity index (χ0v) is 9.23. The lowest BCUT2D eigenvalue weighted by Crippen LogP contribution is -2.13. The Morgan fingerprint density at radius 2 is 2.18 bits per heavy atom. The molecule has 2 aromatic heterocycles. The van der Waals surface area contributed by atoms with Crippen molar-refractivity contribution in [1.29, 1.82) is 0 Å². The van der Waals surface area contributed by atoms with Gasteiger partial charge in [0.05, 0.1) is 5.69 Å². The fraction of sp³-hybridized carbons (Fsp3) is 0.0833. The van der Waals surface area contributed by atoms with Crippen LogP contribution in [0.15, 0.2) is 30.3 Å². The van der Waals surface area contributed by atoms with Crippen molar-refractivity contribution < 1.29 is 9.59 Å². The lowest BCUT2D eigenvalue weighted by atomic mass is 10.3. The Balaban J connectivity index is 2.14. The third kappa shape index (κ3) is 2.57. The van der Waals surface area contributed by atoms with Crippen LogP contribution in [0.2, 0.25) is 0 Å². The Kier molecular flexibility index (Phi) is 3.00. The van der Waals surface area contributed by atoms with Crippen molar-refractivity contribution >= 4 is 18.0 Å². The van der Waals surface area contributed by atoms with Crippen LogP contribution in [0.5, 0.6) is 0 Å². The van der Waals surface area contributed by atoms with E-state index in [1.54, 1.807) is 18.2 Å². The molecule has 1 amide bonds. The van der Waals surface area contributed by atoms with Crippen LogP contribution in [-0.2, 0) is 0 Å². The molecule has 0 aliphatic carbocycles. The van der Waals surface area contributed by atoms with Gasteiger partial charge in [0.2, 0.25) is 0 Å². The molecule has 0 aliphatic heterocycles. The number of hydrogen-bond donors (Lipinski definition) is 2. The Hall–Kier alpha value is -2.43. The van der Waals surface area contributed by atoms with Crippen molar-refractivity contribution in [2.45, 2.75) is 6.92 Å². The second kappa shape index (κ2) is 4.61. The van der Waals surface area contributed by atoms with E-state index < -0.39 is 0 Å². The van der Waals surface area contributed by atoms with Crippen molar-refractivity contribution in [3.8, 4) is 0 Å². The van der Waals surface area contributed by atoms with E-state index in [0.29, 0.717) is 23.5 Å². The molecule has 0 aliphatic rings. The summed E-state index contributed by atoms with van der Waals surface area (Å²) in [5.74, 6) is 0.161. The SMILES string of the molecule is Cc1cccc(NC(=O)c2ccc(C=O)[nH]2)n1. The molecule has 86 valence electrons. The second-order valence-electron chi connectivity index (χ2n) is 3.56. The topological polar surface area (TPSA) is 74.8 Å². The quantitative estimate of drug-likeness (QED) is 0.788. The first kappa shape index (κ1) is 11.1. The molecule has 5 nitrogen and oxygen atoms in total. The molecule has 2 aromatic rings. The fourth-order valence-corrected chi connectivity index (χ4v) is 1.41. The summed E-state index contributed by atoms with van der Waals surface area (Å²) in [7, 11) is 0. The summed E-state index contributed by atoms with van der Waals surface area (Å²) in [4.78, 5) is 29.1. The predicted molar refractivity (Wildman–Crippen MR) is 63.1 cm³/mol. The number of aryl methyl sites for hydroxylation is 1. The Labute approximate surface area is 97.9 Å². The van der Waals surface area contributed by atoms with Gasteiger partial charge in [0.25, 0.3) is 5.91 Å². The average molecular weight is 229 g/mol. The number of hydrogen-bond acceptors (Lipinski definition) is 3. The van der Waals surface area contributed by atoms with E-state index >= 15 is 0 Å². The number of H-pyrrole nitrogens is 1. The van der Waals surface area contributed by atoms with Crippen molar-refractivity contribution in [2.24, 2.45) is 0 Å². The lowest BCUT2D eigenvalue weighted by Gasteiger charge is -2.03. The van der Waals surface area contributed by atoms with Gasteiger partial charge in [-0.3, -0.25) is 9.59 Å². The van der Waals surface area contributed by atoms with Crippen molar-refractivity contribution in [3.05, 3.63) is 47.4 Å². The normalized spacial score (nSPS) is 9.94. The summed E-state index contributed by atoms with van der Waals surface area (Å²) < 4.78 is 0. The Morgan fingerprint density at radius 3 is 2.82 bits per heavy atom. The molecular weight excluding hydrogens is 218 g/mol. The summed E-state index contributed by atoms with van der Waals surface area (Å²) in [6, 6.07) is 8.45. The summed E-state index contributed by atoms with van der Waals surface area (Å²) in [5.41, 5.74) is 1.52. The van der Waals surface area contributed by atoms with Crippen LogP contribution in [0, 0.1) is 6.92 Å². The Morgan fingerprint density at radius 1 is 1.35 bits per heavy atom. The summed E-state index contributed by atoms with van der Waals surface area (Å²) >= 11 is 0. The van der Waals surface area contributed by atoms with Gasteiger partial charge < -0.3 is 10.3 Å². The number of amides is 1. The molecule has 17 heavy (non-hydrogen) atoms. The van der Waals surface area contributed by atoms with E-state index in [-0.39, 0.29) is 5.91 Å². The maximum Gasteiger partial charge on any atom is 0.273 e. The average Bonchev–Trinajstić information content (AvgIpc) is 2.77. The zero-order valence-electron chi connectivity index (χ0n) is 9.23. The number of carbonyl (C=O) groups excluding carboxylic acids is 2. The summed E-state index contributed by atoms with van der Waals surface area (Å²) in [6.07, 6.45) is 0.654. The van der Waals surface area contributed by atoms with E-state index in [2.05, 4.69) is 15.3 Å². The Bertz CT molecular complexity index is 560. The second-order valence-corrected chi connectivity index (χ2v) is 3.56. The first-order valence-corrected chi connectivity index (χ1v) is 5.08. The van der Waals surface area contributed by atoms with Gasteiger partial charge in [-0.15, -0.1) is 0 Å². The number of pyridine rings is 1. The maximum atomic E-state index is 11.8. The maximum absolute atomic E-state index is 11.8. The molecule has 0 bridgehead atoms. The highest BCUT2D eigenvalue weighted by Crippen LogP contribution is 2.07. The van der Waals surface area contributed by atoms with Gasteiger partial charge in [-0.25, -0.2) is 4.98 Å². The van der Waals surface area contributed by atoms with Crippen LogP contribution < -0.4 is 5.32 Å². The van der Waals surface area contributed by atoms with Gasteiger partial charge in [-0.05, 0) is 31.2 Å². The van der Waals surface area contributed by atoms with Crippen LogP contribution in [0.1, 0.15) is 26.7 Å². The molecule has 0 unspecified atom stereocenters. The molecule has 0 radical (unpaired) electrons. The number of aldehydes is 1. The number of rotatable bonds is 3. The van der Waals surface area contributed by atoms with Gasteiger partial charge in [-0.1, -0.05) is 6.07 Å². The molecule has 0 atom stereocenters. The van der Waals surface area contributed by atoms with E-state index in [1.165, 1.54) is 0 Å². The van der Waals surface area contributed by atoms with Gasteiger partial charge in [0.1, 0.15) is 11.5 Å². The third-order valence-electron chi connectivity index (χ3n) is 2.21. The van der Waals surface area contributed by atoms with Crippen molar-refractivity contribution in [2.75, 3.05) is 5.32 Å². The molecule has 2 N–H and O–H groups in total. The van der Waals surface area contributed by atoms with E-state index in [0.717, 1.165) is 5.69 Å². The smallest absolute Gasteiger partial charge is 0.273 e. The summed E-state index contributed by atoms with van der Waals surface area (Å²) in [6.45, 7) is 1.84. The van der Waals surface area contributed by atoms with Crippen LogP contribution >= 0.6 is 0 Å². The van der Waals surface area contributed by atoms with Crippen molar-refractivity contribution in [1.82, 2.24) is 9.97 Å². The number of carbonyl (C=O) groups is 2. The van der Waals surface area contributed by atoms with Gasteiger partial charge in [-0.2, -0.15) is 0 Å². The monoisotopic (exact) mass is 229 g/mol. The van der Waals surface area contributed by atoms with Crippen LogP contribution in [0.4, 0.5) is 5.82 Å². The number of aromatic amines is 1. The molecule has 5 heteroatoms. The van der Waals surface area contributed by atoms with E-state index in [9.17, 15) is 9.59 Å². The largest absolute Gasteiger partial charge is 0.348 e. The summed E-state index contributed by atoms with van der Waals surface area (Å²) in [5, 5.41) is 2.64. The van der Waals surface area contributed by atoms with Crippen LogP contribution in [0.25, 0.3) is 0 Å². The number of nitrogens with one attached hydrogen (secondary N) is 2. The number of anilines is 1.